The molecule has 2 rings (SSSR count). The number of benzene rings is 1. The fourth-order valence-corrected chi connectivity index (χ4v) is 2.01. The van der Waals surface area contributed by atoms with Crippen molar-refractivity contribution in [3.63, 3.8) is 0 Å². The Morgan fingerprint density at radius 3 is 2.60 bits per heavy atom. The lowest BCUT2D eigenvalue weighted by molar-refractivity contribution is 0.211. The third-order valence-electron chi connectivity index (χ3n) is 3.19. The third kappa shape index (κ3) is 2.00. The van der Waals surface area contributed by atoms with Crippen molar-refractivity contribution < 1.29 is 9.50 Å². The first-order valence-corrected chi connectivity index (χ1v) is 4.79. The van der Waals surface area contributed by atoms with Gasteiger partial charge in [-0.05, 0) is 24.0 Å². The lowest BCUT2D eigenvalue weighted by Gasteiger charge is -2.11. The van der Waals surface area contributed by atoms with Gasteiger partial charge in [0, 0.05) is 12.0 Å². The van der Waals surface area contributed by atoms with Crippen LogP contribution in [0, 0.1) is 11.2 Å². The van der Waals surface area contributed by atoms with Crippen molar-refractivity contribution in [1.82, 2.24) is 0 Å². The number of hydrogen-bond acceptors (Lipinski definition) is 2. The molecule has 84 valence electrons. The van der Waals surface area contributed by atoms with Gasteiger partial charge < -0.3 is 10.8 Å². The van der Waals surface area contributed by atoms with E-state index in [0.29, 0.717) is 12.1 Å². The van der Waals surface area contributed by atoms with Crippen molar-refractivity contribution in [2.45, 2.75) is 12.3 Å². The van der Waals surface area contributed by atoms with Crippen molar-refractivity contribution in [3.05, 3.63) is 35.6 Å². The molecular weight excluding hydrogens is 217 g/mol. The van der Waals surface area contributed by atoms with Crippen LogP contribution < -0.4 is 5.73 Å². The molecule has 2 atom stereocenters. The van der Waals surface area contributed by atoms with Crippen molar-refractivity contribution in [3.8, 4) is 0 Å². The maximum absolute atomic E-state index is 13.4. The predicted molar refractivity (Wildman–Crippen MR) is 59.6 cm³/mol. The molecule has 0 spiro atoms. The van der Waals surface area contributed by atoms with E-state index in [1.807, 2.05) is 6.07 Å². The minimum atomic E-state index is -0.262. The Bertz CT molecular complexity index is 341. The summed E-state index contributed by atoms with van der Waals surface area (Å²) in [6, 6.07) is 6.71. The highest BCUT2D eigenvalue weighted by molar-refractivity contribution is 5.85. The fourth-order valence-electron chi connectivity index (χ4n) is 2.01. The average Bonchev–Trinajstić information content (AvgIpc) is 2.94. The van der Waals surface area contributed by atoms with Gasteiger partial charge in [-0.2, -0.15) is 0 Å². The highest BCUT2D eigenvalue weighted by Gasteiger charge is 2.54. The summed E-state index contributed by atoms with van der Waals surface area (Å²) in [6.45, 7) is 0.463. The van der Waals surface area contributed by atoms with Crippen LogP contribution >= 0.6 is 12.4 Å². The highest BCUT2D eigenvalue weighted by atomic mass is 35.5. The smallest absolute Gasteiger partial charge is 0.126 e. The van der Waals surface area contributed by atoms with Crippen LogP contribution in [-0.4, -0.2) is 18.3 Å². The van der Waals surface area contributed by atoms with Gasteiger partial charge in [0.25, 0.3) is 0 Å². The van der Waals surface area contributed by atoms with Gasteiger partial charge >= 0.3 is 0 Å². The number of halogens is 2. The molecule has 0 unspecified atom stereocenters. The molecule has 15 heavy (non-hydrogen) atoms. The van der Waals surface area contributed by atoms with Crippen LogP contribution in [0.3, 0.4) is 0 Å². The molecule has 1 aromatic carbocycles. The molecule has 1 fully saturated rings. The Labute approximate surface area is 94.7 Å². The molecule has 0 heterocycles. The molecule has 4 heteroatoms. The Hall–Kier alpha value is -0.640. The largest absolute Gasteiger partial charge is 0.396 e. The van der Waals surface area contributed by atoms with E-state index in [2.05, 4.69) is 0 Å². The molecule has 2 nitrogen and oxygen atoms in total. The monoisotopic (exact) mass is 231 g/mol. The van der Waals surface area contributed by atoms with Gasteiger partial charge in [0.2, 0.25) is 0 Å². The number of aliphatic hydroxyl groups excluding tert-OH is 1. The lowest BCUT2D eigenvalue weighted by atomic mass is 10.00. The number of hydrogen-bond donors (Lipinski definition) is 2. The van der Waals surface area contributed by atoms with E-state index in [-0.39, 0.29) is 36.2 Å². The summed E-state index contributed by atoms with van der Waals surface area (Å²) in [5.74, 6) is -0.0972. The normalized spacial score (nSPS) is 28.3. The van der Waals surface area contributed by atoms with E-state index in [1.165, 1.54) is 6.07 Å². The van der Waals surface area contributed by atoms with Gasteiger partial charge in [-0.15, -0.1) is 12.4 Å². The Morgan fingerprint density at radius 2 is 2.13 bits per heavy atom. The molecule has 0 saturated heterocycles. The Kier molecular flexibility index (Phi) is 3.71. The van der Waals surface area contributed by atoms with Gasteiger partial charge in [0.05, 0.1) is 6.61 Å². The van der Waals surface area contributed by atoms with Crippen LogP contribution in [0.5, 0.6) is 0 Å². The quantitative estimate of drug-likeness (QED) is 0.832. The van der Waals surface area contributed by atoms with E-state index >= 15 is 0 Å². The molecule has 3 N–H and O–H groups in total. The second-order valence-electron chi connectivity index (χ2n) is 4.00. The second kappa shape index (κ2) is 4.47. The maximum Gasteiger partial charge on any atom is 0.126 e. The van der Waals surface area contributed by atoms with E-state index < -0.39 is 0 Å². The van der Waals surface area contributed by atoms with Crippen molar-refractivity contribution >= 4 is 12.4 Å². The van der Waals surface area contributed by atoms with Crippen molar-refractivity contribution in [2.75, 3.05) is 13.2 Å². The highest BCUT2D eigenvalue weighted by Crippen LogP contribution is 2.58. The zero-order valence-corrected chi connectivity index (χ0v) is 9.14. The zero-order valence-electron chi connectivity index (χ0n) is 8.32. The molecule has 0 bridgehead atoms. The lowest BCUT2D eigenvalue weighted by Crippen LogP contribution is -2.21. The molecule has 1 aliphatic carbocycles. The molecule has 0 aromatic heterocycles. The van der Waals surface area contributed by atoms with Gasteiger partial charge in [-0.25, -0.2) is 4.39 Å². The molecule has 0 radical (unpaired) electrons. The summed E-state index contributed by atoms with van der Waals surface area (Å²) in [7, 11) is 0. The van der Waals surface area contributed by atoms with Crippen LogP contribution in [-0.2, 0) is 0 Å². The molecule has 1 aliphatic rings. The Balaban J connectivity index is 0.00000112. The van der Waals surface area contributed by atoms with Gasteiger partial charge in [0.15, 0.2) is 0 Å². The molecular formula is C11H15ClFNO. The summed E-state index contributed by atoms with van der Waals surface area (Å²) in [5, 5.41) is 9.18. The van der Waals surface area contributed by atoms with E-state index in [0.717, 1.165) is 6.42 Å². The van der Waals surface area contributed by atoms with E-state index in [4.69, 9.17) is 5.73 Å². The number of aliphatic hydroxyl groups is 1. The summed E-state index contributed by atoms with van der Waals surface area (Å²) in [4.78, 5) is 0. The average molecular weight is 232 g/mol. The molecule has 0 aliphatic heterocycles. The number of rotatable bonds is 3. The SMILES string of the molecule is Cl.NC[C@@]1(CO)C[C@@H]1c1ccccc1F. The fraction of sp³-hybridized carbons (Fsp3) is 0.455. The first kappa shape index (κ1) is 12.4. The summed E-state index contributed by atoms with van der Waals surface area (Å²) in [5.41, 5.74) is 6.00. The van der Waals surface area contributed by atoms with Crippen LogP contribution in [0.2, 0.25) is 0 Å². The van der Waals surface area contributed by atoms with Crippen molar-refractivity contribution in [2.24, 2.45) is 11.1 Å². The standard InChI is InChI=1S/C11H14FNO.ClH/c12-10-4-2-1-3-8(10)9-5-11(9,6-13)7-14;/h1-4,9,14H,5-7,13H2;1H/t9-,11-;/m1./s1. The second-order valence-corrected chi connectivity index (χ2v) is 4.00. The Morgan fingerprint density at radius 1 is 1.47 bits per heavy atom. The summed E-state index contributed by atoms with van der Waals surface area (Å²) < 4.78 is 13.4. The van der Waals surface area contributed by atoms with Crippen LogP contribution in [0.4, 0.5) is 4.39 Å². The number of nitrogens with two attached hydrogens (primary N) is 1. The van der Waals surface area contributed by atoms with Gasteiger partial charge in [0.1, 0.15) is 5.82 Å². The van der Waals surface area contributed by atoms with Gasteiger partial charge in [-0.3, -0.25) is 0 Å². The van der Waals surface area contributed by atoms with Gasteiger partial charge in [-0.1, -0.05) is 18.2 Å². The topological polar surface area (TPSA) is 46.2 Å². The minimum absolute atomic E-state index is 0. The van der Waals surface area contributed by atoms with Crippen LogP contribution in [0.25, 0.3) is 0 Å². The summed E-state index contributed by atoms with van der Waals surface area (Å²) >= 11 is 0. The van der Waals surface area contributed by atoms with Crippen LogP contribution in [0.15, 0.2) is 24.3 Å². The molecule has 0 amide bonds. The van der Waals surface area contributed by atoms with Crippen LogP contribution in [0.1, 0.15) is 17.9 Å². The summed E-state index contributed by atoms with van der Waals surface area (Å²) in [6.07, 6.45) is 0.793. The molecule has 1 saturated carbocycles. The van der Waals surface area contributed by atoms with E-state index in [9.17, 15) is 9.50 Å². The zero-order chi connectivity index (χ0) is 10.2. The maximum atomic E-state index is 13.4. The first-order valence-electron chi connectivity index (χ1n) is 4.79. The van der Waals surface area contributed by atoms with Crippen molar-refractivity contribution in [1.29, 1.82) is 0 Å². The molecule has 1 aromatic rings. The van der Waals surface area contributed by atoms with E-state index in [1.54, 1.807) is 12.1 Å². The minimum Gasteiger partial charge on any atom is -0.396 e. The first-order chi connectivity index (χ1) is 6.73. The third-order valence-corrected chi connectivity index (χ3v) is 3.19. The predicted octanol–water partition coefficient (Wildman–Crippen LogP) is 1.67.